The monoisotopic (exact) mass is 372 g/mol. The average Bonchev–Trinajstić information content (AvgIpc) is 3.25. The van der Waals surface area contributed by atoms with Gasteiger partial charge < -0.3 is 14.6 Å². The maximum absolute atomic E-state index is 12.9. The van der Waals surface area contributed by atoms with E-state index in [1.54, 1.807) is 24.5 Å². The van der Waals surface area contributed by atoms with Crippen LogP contribution in [0.15, 0.2) is 77.4 Å². The van der Waals surface area contributed by atoms with Gasteiger partial charge in [-0.2, -0.15) is 0 Å². The molecule has 0 atom stereocenters. The fourth-order valence-electron chi connectivity index (χ4n) is 3.35. The molecule has 0 fully saturated rings. The summed E-state index contributed by atoms with van der Waals surface area (Å²) < 4.78 is 5.17. The standard InChI is InChI=1S/C23H20N2O3/c26-22(13-11-20-9-5-15-28-20)24-19-10-12-21-18(16-19)8-4-14-25(21)23(27)17-6-2-1-3-7-17/h1-3,5-7,9-13,15-16H,4,8,14H2,(H,24,26)/b13-11+. The third-order valence-corrected chi connectivity index (χ3v) is 4.67. The van der Waals surface area contributed by atoms with E-state index in [0.717, 1.165) is 24.1 Å². The average molecular weight is 372 g/mol. The molecule has 5 nitrogen and oxygen atoms in total. The fraction of sp³-hybridized carbons (Fsp3) is 0.130. The van der Waals surface area contributed by atoms with Gasteiger partial charge >= 0.3 is 0 Å². The molecule has 0 saturated carbocycles. The van der Waals surface area contributed by atoms with Crippen molar-refractivity contribution in [3.8, 4) is 0 Å². The van der Waals surface area contributed by atoms with Gasteiger partial charge in [-0.3, -0.25) is 9.59 Å². The first-order chi connectivity index (χ1) is 13.7. The lowest BCUT2D eigenvalue weighted by molar-refractivity contribution is -0.111. The first kappa shape index (κ1) is 17.8. The highest BCUT2D eigenvalue weighted by atomic mass is 16.3. The van der Waals surface area contributed by atoms with Crippen LogP contribution in [0.4, 0.5) is 11.4 Å². The molecule has 1 aliphatic heterocycles. The molecule has 28 heavy (non-hydrogen) atoms. The smallest absolute Gasteiger partial charge is 0.258 e. The third kappa shape index (κ3) is 3.88. The number of amides is 2. The van der Waals surface area contributed by atoms with Crippen molar-refractivity contribution in [2.75, 3.05) is 16.8 Å². The van der Waals surface area contributed by atoms with Crippen molar-refractivity contribution in [2.45, 2.75) is 12.8 Å². The van der Waals surface area contributed by atoms with Crippen LogP contribution < -0.4 is 10.2 Å². The molecule has 1 aromatic heterocycles. The van der Waals surface area contributed by atoms with E-state index in [1.807, 2.05) is 53.4 Å². The molecular formula is C23H20N2O3. The van der Waals surface area contributed by atoms with Crippen molar-refractivity contribution in [1.29, 1.82) is 0 Å². The lowest BCUT2D eigenvalue weighted by Crippen LogP contribution is -2.35. The maximum atomic E-state index is 12.9. The fourth-order valence-corrected chi connectivity index (χ4v) is 3.35. The topological polar surface area (TPSA) is 62.6 Å². The molecule has 0 unspecified atom stereocenters. The van der Waals surface area contributed by atoms with Crippen LogP contribution in [0.3, 0.4) is 0 Å². The van der Waals surface area contributed by atoms with Crippen LogP contribution in [0, 0.1) is 0 Å². The summed E-state index contributed by atoms with van der Waals surface area (Å²) in [4.78, 5) is 26.8. The molecule has 2 heterocycles. The summed E-state index contributed by atoms with van der Waals surface area (Å²) in [5, 5.41) is 2.86. The van der Waals surface area contributed by atoms with E-state index < -0.39 is 0 Å². The maximum Gasteiger partial charge on any atom is 0.258 e. The minimum Gasteiger partial charge on any atom is -0.465 e. The second-order valence-corrected chi connectivity index (χ2v) is 6.61. The Morgan fingerprint density at radius 3 is 2.68 bits per heavy atom. The van der Waals surface area contributed by atoms with E-state index in [0.29, 0.717) is 23.6 Å². The molecule has 0 saturated heterocycles. The zero-order chi connectivity index (χ0) is 19.3. The van der Waals surface area contributed by atoms with Gasteiger partial charge in [-0.05, 0) is 66.9 Å². The Kier molecular flexibility index (Phi) is 5.06. The van der Waals surface area contributed by atoms with Gasteiger partial charge in [0.25, 0.3) is 5.91 Å². The SMILES string of the molecule is O=C(/C=C/c1ccco1)Nc1ccc2c(c1)CCCN2C(=O)c1ccccc1. The van der Waals surface area contributed by atoms with Crippen LogP contribution in [0.25, 0.3) is 6.08 Å². The quantitative estimate of drug-likeness (QED) is 0.685. The van der Waals surface area contributed by atoms with Crippen LogP contribution in [-0.4, -0.2) is 18.4 Å². The molecular weight excluding hydrogens is 352 g/mol. The molecule has 0 bridgehead atoms. The van der Waals surface area contributed by atoms with Gasteiger partial charge in [0.2, 0.25) is 5.91 Å². The normalized spacial score (nSPS) is 13.4. The van der Waals surface area contributed by atoms with E-state index in [4.69, 9.17) is 4.42 Å². The number of rotatable bonds is 4. The predicted molar refractivity (Wildman–Crippen MR) is 109 cm³/mol. The molecule has 140 valence electrons. The number of carbonyl (C=O) groups is 2. The molecule has 5 heteroatoms. The Hall–Kier alpha value is -3.60. The minimum atomic E-state index is -0.232. The van der Waals surface area contributed by atoms with Gasteiger partial charge in [0.05, 0.1) is 6.26 Å². The molecule has 0 spiro atoms. The number of nitrogens with zero attached hydrogens (tertiary/aromatic N) is 1. The lowest BCUT2D eigenvalue weighted by Gasteiger charge is -2.30. The van der Waals surface area contributed by atoms with E-state index in [9.17, 15) is 9.59 Å². The van der Waals surface area contributed by atoms with Crippen LogP contribution in [0.2, 0.25) is 0 Å². The summed E-state index contributed by atoms with van der Waals surface area (Å²) in [5.41, 5.74) is 3.35. The van der Waals surface area contributed by atoms with Crippen molar-refractivity contribution >= 4 is 29.3 Å². The van der Waals surface area contributed by atoms with Gasteiger partial charge in [-0.25, -0.2) is 0 Å². The highest BCUT2D eigenvalue weighted by Crippen LogP contribution is 2.31. The van der Waals surface area contributed by atoms with E-state index in [1.165, 1.54) is 6.08 Å². The number of nitrogens with one attached hydrogen (secondary N) is 1. The number of hydrogen-bond acceptors (Lipinski definition) is 3. The van der Waals surface area contributed by atoms with Crippen molar-refractivity contribution in [3.63, 3.8) is 0 Å². The van der Waals surface area contributed by atoms with Gasteiger partial charge in [-0.15, -0.1) is 0 Å². The predicted octanol–water partition coefficient (Wildman–Crippen LogP) is 4.52. The summed E-state index contributed by atoms with van der Waals surface area (Å²) in [6, 6.07) is 18.5. The van der Waals surface area contributed by atoms with Crippen molar-refractivity contribution in [1.82, 2.24) is 0 Å². The Balaban J connectivity index is 1.50. The molecule has 0 aliphatic carbocycles. The molecule has 2 aromatic carbocycles. The largest absolute Gasteiger partial charge is 0.465 e. The zero-order valence-electron chi connectivity index (χ0n) is 15.3. The van der Waals surface area contributed by atoms with E-state index in [2.05, 4.69) is 5.32 Å². The van der Waals surface area contributed by atoms with Crippen molar-refractivity contribution < 1.29 is 14.0 Å². The Labute approximate surface area is 163 Å². The summed E-state index contributed by atoms with van der Waals surface area (Å²) in [6.07, 6.45) is 6.38. The van der Waals surface area contributed by atoms with Gasteiger partial charge in [-0.1, -0.05) is 18.2 Å². The number of carbonyl (C=O) groups excluding carboxylic acids is 2. The second-order valence-electron chi connectivity index (χ2n) is 6.61. The molecule has 2 amide bonds. The number of anilines is 2. The Morgan fingerprint density at radius 1 is 1.04 bits per heavy atom. The van der Waals surface area contributed by atoms with Crippen molar-refractivity contribution in [3.05, 3.63) is 89.9 Å². The Bertz CT molecular complexity index is 1010. The van der Waals surface area contributed by atoms with Crippen LogP contribution in [-0.2, 0) is 11.2 Å². The number of aryl methyl sites for hydroxylation is 1. The van der Waals surface area contributed by atoms with Crippen LogP contribution >= 0.6 is 0 Å². The Morgan fingerprint density at radius 2 is 1.89 bits per heavy atom. The minimum absolute atomic E-state index is 0.000262. The summed E-state index contributed by atoms with van der Waals surface area (Å²) >= 11 is 0. The molecule has 1 N–H and O–H groups in total. The van der Waals surface area contributed by atoms with Crippen LogP contribution in [0.5, 0.6) is 0 Å². The number of furan rings is 1. The lowest BCUT2D eigenvalue weighted by atomic mass is 10.00. The highest BCUT2D eigenvalue weighted by Gasteiger charge is 2.23. The third-order valence-electron chi connectivity index (χ3n) is 4.67. The molecule has 1 aliphatic rings. The summed E-state index contributed by atoms with van der Waals surface area (Å²) in [5.74, 6) is 0.389. The van der Waals surface area contributed by atoms with Gasteiger partial charge in [0.1, 0.15) is 5.76 Å². The highest BCUT2D eigenvalue weighted by molar-refractivity contribution is 6.07. The van der Waals surface area contributed by atoms with Gasteiger partial charge in [0.15, 0.2) is 0 Å². The first-order valence-corrected chi connectivity index (χ1v) is 9.23. The van der Waals surface area contributed by atoms with Crippen LogP contribution in [0.1, 0.15) is 28.1 Å². The van der Waals surface area contributed by atoms with E-state index >= 15 is 0 Å². The second kappa shape index (κ2) is 7.96. The molecule has 0 radical (unpaired) electrons. The number of hydrogen-bond donors (Lipinski definition) is 1. The first-order valence-electron chi connectivity index (χ1n) is 9.23. The zero-order valence-corrected chi connectivity index (χ0v) is 15.3. The number of fused-ring (bicyclic) bond motifs is 1. The van der Waals surface area contributed by atoms with Gasteiger partial charge in [0, 0.05) is 29.6 Å². The van der Waals surface area contributed by atoms with Crippen molar-refractivity contribution in [2.24, 2.45) is 0 Å². The molecule has 3 aromatic rings. The summed E-state index contributed by atoms with van der Waals surface area (Å²) in [7, 11) is 0. The molecule has 4 rings (SSSR count). The van der Waals surface area contributed by atoms with E-state index in [-0.39, 0.29) is 11.8 Å². The summed E-state index contributed by atoms with van der Waals surface area (Å²) in [6.45, 7) is 0.693. The number of benzene rings is 2.